The van der Waals surface area contributed by atoms with Gasteiger partial charge in [-0.3, -0.25) is 4.79 Å². The number of amides is 1. The fourth-order valence-electron chi connectivity index (χ4n) is 3.87. The molecule has 7 nitrogen and oxygen atoms in total. The maximum Gasteiger partial charge on any atom is 0.338 e. The van der Waals surface area contributed by atoms with Gasteiger partial charge in [0, 0.05) is 18.8 Å². The van der Waals surface area contributed by atoms with Crippen molar-refractivity contribution in [3.05, 3.63) is 58.3 Å². The molecule has 0 radical (unpaired) electrons. The lowest BCUT2D eigenvalue weighted by Gasteiger charge is -2.37. The van der Waals surface area contributed by atoms with Crippen molar-refractivity contribution in [3.63, 3.8) is 0 Å². The highest BCUT2D eigenvalue weighted by molar-refractivity contribution is 8.16. The van der Waals surface area contributed by atoms with E-state index in [0.717, 1.165) is 16.4 Å². The number of carbonyl (C=O) groups excluding carboxylic acids is 2. The van der Waals surface area contributed by atoms with Gasteiger partial charge >= 0.3 is 5.97 Å². The van der Waals surface area contributed by atoms with E-state index in [-0.39, 0.29) is 24.3 Å². The molecule has 0 spiro atoms. The van der Waals surface area contributed by atoms with Gasteiger partial charge in [0.25, 0.3) is 0 Å². The highest BCUT2D eigenvalue weighted by atomic mass is 32.2. The van der Waals surface area contributed by atoms with Gasteiger partial charge in [-0.2, -0.15) is 0 Å². The second kappa shape index (κ2) is 9.06. The van der Waals surface area contributed by atoms with Crippen LogP contribution in [-0.4, -0.2) is 59.8 Å². The SMILES string of the molecule is CCOC(=O)C1=C(C)N=C2SC=C(CC(=O)N3CCOCC3)N2[C@H]1c1ccccc1. The summed E-state index contributed by atoms with van der Waals surface area (Å²) >= 11 is 1.48. The number of amidine groups is 1. The van der Waals surface area contributed by atoms with E-state index in [1.807, 2.05) is 52.5 Å². The first-order valence-corrected chi connectivity index (χ1v) is 11.0. The maximum absolute atomic E-state index is 12.9. The molecule has 1 saturated heterocycles. The van der Waals surface area contributed by atoms with E-state index < -0.39 is 0 Å². The first-order valence-electron chi connectivity index (χ1n) is 10.1. The second-order valence-corrected chi connectivity index (χ2v) is 8.03. The van der Waals surface area contributed by atoms with Crippen LogP contribution in [0.15, 0.2) is 57.7 Å². The van der Waals surface area contributed by atoms with Crippen LogP contribution in [0.3, 0.4) is 0 Å². The molecular formula is C22H25N3O4S. The van der Waals surface area contributed by atoms with Gasteiger partial charge < -0.3 is 19.3 Å². The third-order valence-corrected chi connectivity index (χ3v) is 6.20. The van der Waals surface area contributed by atoms with Crippen LogP contribution in [0.2, 0.25) is 0 Å². The number of hydrogen-bond acceptors (Lipinski definition) is 7. The molecule has 1 amide bonds. The Morgan fingerprint density at radius 2 is 1.97 bits per heavy atom. The number of rotatable bonds is 5. The van der Waals surface area contributed by atoms with Gasteiger partial charge in [-0.15, -0.1) is 0 Å². The molecular weight excluding hydrogens is 402 g/mol. The lowest BCUT2D eigenvalue weighted by atomic mass is 9.94. The minimum atomic E-state index is -0.378. The summed E-state index contributed by atoms with van der Waals surface area (Å²) in [5, 5.41) is 2.74. The molecule has 8 heteroatoms. The third-order valence-electron chi connectivity index (χ3n) is 5.31. The van der Waals surface area contributed by atoms with Crippen molar-refractivity contribution in [1.82, 2.24) is 9.80 Å². The van der Waals surface area contributed by atoms with Crippen molar-refractivity contribution in [1.29, 1.82) is 0 Å². The molecule has 1 aromatic carbocycles. The molecule has 1 fully saturated rings. The van der Waals surface area contributed by atoms with Crippen molar-refractivity contribution in [2.75, 3.05) is 32.9 Å². The lowest BCUT2D eigenvalue weighted by Crippen LogP contribution is -2.42. The predicted molar refractivity (Wildman–Crippen MR) is 115 cm³/mol. The van der Waals surface area contributed by atoms with Gasteiger partial charge in [0.1, 0.15) is 0 Å². The molecule has 0 aromatic heterocycles. The molecule has 30 heavy (non-hydrogen) atoms. The molecule has 3 heterocycles. The van der Waals surface area contributed by atoms with E-state index in [1.165, 1.54) is 11.8 Å². The Balaban J connectivity index is 1.67. The Hall–Kier alpha value is -2.58. The van der Waals surface area contributed by atoms with Gasteiger partial charge in [-0.05, 0) is 24.8 Å². The first kappa shape index (κ1) is 20.7. The zero-order chi connectivity index (χ0) is 21.1. The monoisotopic (exact) mass is 427 g/mol. The average molecular weight is 428 g/mol. The first-order chi connectivity index (χ1) is 14.6. The van der Waals surface area contributed by atoms with Gasteiger partial charge in [-0.1, -0.05) is 42.1 Å². The quantitative estimate of drug-likeness (QED) is 0.673. The van der Waals surface area contributed by atoms with Crippen LogP contribution in [-0.2, 0) is 19.1 Å². The minimum Gasteiger partial charge on any atom is -0.463 e. The molecule has 3 aliphatic rings. The number of thioether (sulfide) groups is 1. The molecule has 3 aliphatic heterocycles. The standard InChI is InChI=1S/C22H25N3O4S/c1-3-29-21(27)19-15(2)23-22-25(20(19)16-7-5-4-6-8-16)17(14-30-22)13-18(26)24-9-11-28-12-10-24/h4-8,14,20H,3,9-13H2,1-2H3/t20-/m0/s1. The predicted octanol–water partition coefficient (Wildman–Crippen LogP) is 3.07. The minimum absolute atomic E-state index is 0.0576. The summed E-state index contributed by atoms with van der Waals surface area (Å²) in [6.07, 6.45) is 0.254. The van der Waals surface area contributed by atoms with Gasteiger partial charge in [0.15, 0.2) is 5.17 Å². The van der Waals surface area contributed by atoms with Gasteiger partial charge in [-0.25, -0.2) is 9.79 Å². The van der Waals surface area contributed by atoms with E-state index in [4.69, 9.17) is 9.47 Å². The topological polar surface area (TPSA) is 71.4 Å². The summed E-state index contributed by atoms with van der Waals surface area (Å²) in [4.78, 5) is 34.3. The van der Waals surface area contributed by atoms with Gasteiger partial charge in [0.05, 0.1) is 43.6 Å². The Labute approximate surface area is 180 Å². The number of ether oxygens (including phenoxy) is 2. The van der Waals surface area contributed by atoms with E-state index in [9.17, 15) is 9.59 Å². The number of esters is 1. The van der Waals surface area contributed by atoms with Crippen LogP contribution in [0.5, 0.6) is 0 Å². The Morgan fingerprint density at radius 1 is 1.23 bits per heavy atom. The molecule has 1 atom stereocenters. The molecule has 0 unspecified atom stereocenters. The zero-order valence-corrected chi connectivity index (χ0v) is 18.0. The van der Waals surface area contributed by atoms with E-state index in [0.29, 0.717) is 44.2 Å². The van der Waals surface area contributed by atoms with Crippen LogP contribution in [0.25, 0.3) is 0 Å². The number of nitrogens with zero attached hydrogens (tertiary/aromatic N) is 3. The molecule has 0 bridgehead atoms. The van der Waals surface area contributed by atoms with E-state index in [1.54, 1.807) is 6.92 Å². The smallest absolute Gasteiger partial charge is 0.338 e. The number of benzene rings is 1. The van der Waals surface area contributed by atoms with Crippen LogP contribution < -0.4 is 0 Å². The normalized spacial score (nSPS) is 21.2. The van der Waals surface area contributed by atoms with Crippen LogP contribution in [0.4, 0.5) is 0 Å². The molecule has 0 aliphatic carbocycles. The number of morpholine rings is 1. The fourth-order valence-corrected chi connectivity index (χ4v) is 4.83. The molecule has 0 saturated carbocycles. The summed E-state index contributed by atoms with van der Waals surface area (Å²) < 4.78 is 10.7. The van der Waals surface area contributed by atoms with Crippen molar-refractivity contribution in [3.8, 4) is 0 Å². The Bertz CT molecular complexity index is 920. The third kappa shape index (κ3) is 4.02. The summed E-state index contributed by atoms with van der Waals surface area (Å²) in [5.74, 6) is -0.315. The number of fused-ring (bicyclic) bond motifs is 1. The summed E-state index contributed by atoms with van der Waals surface area (Å²) in [5.41, 5.74) is 2.96. The van der Waals surface area contributed by atoms with Crippen molar-refractivity contribution in [2.45, 2.75) is 26.3 Å². The molecule has 158 valence electrons. The molecule has 0 N–H and O–H groups in total. The zero-order valence-electron chi connectivity index (χ0n) is 17.2. The second-order valence-electron chi connectivity index (χ2n) is 7.19. The highest BCUT2D eigenvalue weighted by Gasteiger charge is 2.41. The van der Waals surface area contributed by atoms with Crippen LogP contribution >= 0.6 is 11.8 Å². The Morgan fingerprint density at radius 3 is 2.67 bits per heavy atom. The summed E-state index contributed by atoms with van der Waals surface area (Å²) in [6.45, 7) is 6.27. The van der Waals surface area contributed by atoms with Gasteiger partial charge in [0.2, 0.25) is 5.91 Å². The average Bonchev–Trinajstić information content (AvgIpc) is 3.16. The number of allylic oxidation sites excluding steroid dienone is 1. The highest BCUT2D eigenvalue weighted by Crippen LogP contribution is 2.44. The number of aliphatic imine (C=N–C) groups is 1. The molecule has 1 aromatic rings. The largest absolute Gasteiger partial charge is 0.463 e. The van der Waals surface area contributed by atoms with E-state index >= 15 is 0 Å². The van der Waals surface area contributed by atoms with Crippen LogP contribution in [0.1, 0.15) is 31.9 Å². The number of carbonyl (C=O) groups is 2. The Kier molecular flexibility index (Phi) is 6.24. The van der Waals surface area contributed by atoms with Crippen molar-refractivity contribution >= 4 is 28.8 Å². The lowest BCUT2D eigenvalue weighted by molar-refractivity contribution is -0.139. The van der Waals surface area contributed by atoms with Crippen molar-refractivity contribution < 1.29 is 19.1 Å². The van der Waals surface area contributed by atoms with E-state index in [2.05, 4.69) is 4.99 Å². The summed E-state index contributed by atoms with van der Waals surface area (Å²) in [7, 11) is 0. The van der Waals surface area contributed by atoms with Crippen LogP contribution in [0, 0.1) is 0 Å². The summed E-state index contributed by atoms with van der Waals surface area (Å²) in [6, 6.07) is 9.44. The number of hydrogen-bond donors (Lipinski definition) is 0. The maximum atomic E-state index is 12.9. The molecule has 4 rings (SSSR count). The fraction of sp³-hybridized carbons (Fsp3) is 0.409. The van der Waals surface area contributed by atoms with Crippen molar-refractivity contribution in [2.24, 2.45) is 4.99 Å².